The lowest BCUT2D eigenvalue weighted by atomic mass is 10.00. The molecule has 2 heterocycles. The van der Waals surface area contributed by atoms with Crippen LogP contribution in [0.1, 0.15) is 12.5 Å². The number of hydrogen-bond acceptors (Lipinski definition) is 6. The molecule has 0 unspecified atom stereocenters. The Morgan fingerprint density at radius 2 is 1.94 bits per heavy atom. The Kier molecular flexibility index (Phi) is 6.50. The lowest BCUT2D eigenvalue weighted by molar-refractivity contribution is -0.384. The number of rotatable bonds is 5. The van der Waals surface area contributed by atoms with Crippen molar-refractivity contribution in [1.29, 1.82) is 0 Å². The molecule has 7 nitrogen and oxygen atoms in total. The van der Waals surface area contributed by atoms with Crippen LogP contribution in [0.2, 0.25) is 0 Å². The van der Waals surface area contributed by atoms with Gasteiger partial charge in [-0.25, -0.2) is 4.39 Å². The summed E-state index contributed by atoms with van der Waals surface area (Å²) in [6.07, 6.45) is 0. The van der Waals surface area contributed by atoms with E-state index in [1.807, 2.05) is 36.2 Å². The van der Waals surface area contributed by atoms with E-state index in [1.54, 1.807) is 0 Å². The SMILES string of the molecule is C[C@@H]1CN(c2cc(F)c(-c3cccc(CN4CCOCC4)c3)cc2[N+](=O)[O-])CCN1C. The Bertz CT molecular complexity index is 948. The largest absolute Gasteiger partial charge is 0.379 e. The molecule has 2 aliphatic rings. The zero-order valence-corrected chi connectivity index (χ0v) is 18.1. The third-order valence-electron chi connectivity index (χ3n) is 6.31. The van der Waals surface area contributed by atoms with Crippen molar-refractivity contribution in [3.63, 3.8) is 0 Å². The summed E-state index contributed by atoms with van der Waals surface area (Å²) in [4.78, 5) is 17.9. The molecule has 0 N–H and O–H groups in total. The lowest BCUT2D eigenvalue weighted by Gasteiger charge is -2.38. The van der Waals surface area contributed by atoms with Crippen molar-refractivity contribution in [2.24, 2.45) is 0 Å². The number of morpholine rings is 1. The summed E-state index contributed by atoms with van der Waals surface area (Å²) in [5, 5.41) is 11.9. The summed E-state index contributed by atoms with van der Waals surface area (Å²) in [7, 11) is 2.03. The normalized spacial score (nSPS) is 20.7. The van der Waals surface area contributed by atoms with Crippen LogP contribution in [0.25, 0.3) is 11.1 Å². The molecule has 31 heavy (non-hydrogen) atoms. The maximum atomic E-state index is 15.2. The topological polar surface area (TPSA) is 62.1 Å². The van der Waals surface area contributed by atoms with Crippen LogP contribution in [-0.4, -0.2) is 73.8 Å². The zero-order valence-electron chi connectivity index (χ0n) is 18.1. The summed E-state index contributed by atoms with van der Waals surface area (Å²) in [6, 6.07) is 10.6. The molecule has 2 fully saturated rings. The second-order valence-electron chi connectivity index (χ2n) is 8.44. The first-order chi connectivity index (χ1) is 14.9. The smallest absolute Gasteiger partial charge is 0.293 e. The fraction of sp³-hybridized carbons (Fsp3) is 0.478. The molecule has 0 radical (unpaired) electrons. The first-order valence-corrected chi connectivity index (χ1v) is 10.7. The van der Waals surface area contributed by atoms with Gasteiger partial charge in [0.15, 0.2) is 0 Å². The van der Waals surface area contributed by atoms with E-state index in [1.165, 1.54) is 12.1 Å². The van der Waals surface area contributed by atoms with Gasteiger partial charge in [-0.1, -0.05) is 18.2 Å². The number of likely N-dealkylation sites (N-methyl/N-ethyl adjacent to an activating group) is 1. The highest BCUT2D eigenvalue weighted by Gasteiger charge is 2.28. The Balaban J connectivity index is 1.64. The number of halogens is 1. The fourth-order valence-electron chi connectivity index (χ4n) is 4.29. The molecule has 1 atom stereocenters. The number of nitro groups is 1. The minimum absolute atomic E-state index is 0.0493. The predicted molar refractivity (Wildman–Crippen MR) is 119 cm³/mol. The molecule has 2 saturated heterocycles. The molecule has 2 aliphatic heterocycles. The Morgan fingerprint density at radius 1 is 1.16 bits per heavy atom. The monoisotopic (exact) mass is 428 g/mol. The average molecular weight is 429 g/mol. The standard InChI is InChI=1S/C23H29FN4O3/c1-17-15-27(7-6-25(17)2)22-14-21(24)20(13-23(22)28(29)30)19-5-3-4-18(12-19)16-26-8-10-31-11-9-26/h3-5,12-14,17H,6-11,15-16H2,1-2H3/t17-/m1/s1. The molecule has 0 amide bonds. The van der Waals surface area contributed by atoms with E-state index in [4.69, 9.17) is 4.74 Å². The van der Waals surface area contributed by atoms with Gasteiger partial charge in [0.1, 0.15) is 11.5 Å². The first-order valence-electron chi connectivity index (χ1n) is 10.7. The van der Waals surface area contributed by atoms with E-state index in [9.17, 15) is 10.1 Å². The van der Waals surface area contributed by atoms with Crippen molar-refractivity contribution >= 4 is 11.4 Å². The molecule has 0 aromatic heterocycles. The number of nitro benzene ring substituents is 1. The van der Waals surface area contributed by atoms with Gasteiger partial charge in [0, 0.05) is 63.0 Å². The number of nitrogens with zero attached hydrogens (tertiary/aromatic N) is 4. The van der Waals surface area contributed by atoms with Crippen LogP contribution in [0, 0.1) is 15.9 Å². The molecule has 2 aromatic carbocycles. The average Bonchev–Trinajstić information content (AvgIpc) is 2.76. The Morgan fingerprint density at radius 3 is 2.65 bits per heavy atom. The van der Waals surface area contributed by atoms with Gasteiger partial charge in [0.05, 0.1) is 18.1 Å². The van der Waals surface area contributed by atoms with E-state index >= 15 is 4.39 Å². The second kappa shape index (κ2) is 9.30. The van der Waals surface area contributed by atoms with E-state index in [0.29, 0.717) is 37.6 Å². The molecule has 4 rings (SSSR count). The molecule has 0 spiro atoms. The molecule has 0 bridgehead atoms. The van der Waals surface area contributed by atoms with Crippen molar-refractivity contribution in [3.05, 3.63) is 57.9 Å². The number of ether oxygens (including phenoxy) is 1. The highest BCUT2D eigenvalue weighted by molar-refractivity contribution is 5.75. The quantitative estimate of drug-likeness (QED) is 0.538. The highest BCUT2D eigenvalue weighted by Crippen LogP contribution is 2.36. The minimum Gasteiger partial charge on any atom is -0.379 e. The highest BCUT2D eigenvalue weighted by atomic mass is 19.1. The molecule has 8 heteroatoms. The maximum absolute atomic E-state index is 15.2. The van der Waals surface area contributed by atoms with E-state index < -0.39 is 10.7 Å². The second-order valence-corrected chi connectivity index (χ2v) is 8.44. The van der Waals surface area contributed by atoms with Crippen molar-refractivity contribution in [3.8, 4) is 11.1 Å². The molecule has 0 aliphatic carbocycles. The van der Waals surface area contributed by atoms with Crippen molar-refractivity contribution in [1.82, 2.24) is 9.80 Å². The Labute approximate surface area is 182 Å². The van der Waals surface area contributed by atoms with E-state index in [-0.39, 0.29) is 17.3 Å². The van der Waals surface area contributed by atoms with Crippen LogP contribution >= 0.6 is 0 Å². The van der Waals surface area contributed by atoms with E-state index in [2.05, 4.69) is 16.7 Å². The predicted octanol–water partition coefficient (Wildman–Crippen LogP) is 3.37. The molecular weight excluding hydrogens is 399 g/mol. The van der Waals surface area contributed by atoms with Gasteiger partial charge in [-0.15, -0.1) is 0 Å². The third kappa shape index (κ3) is 4.87. The summed E-state index contributed by atoms with van der Waals surface area (Å²) < 4.78 is 20.6. The summed E-state index contributed by atoms with van der Waals surface area (Å²) in [5.41, 5.74) is 2.28. The summed E-state index contributed by atoms with van der Waals surface area (Å²) in [6.45, 7) is 8.02. The van der Waals surface area contributed by atoms with Gasteiger partial charge in [-0.3, -0.25) is 15.0 Å². The summed E-state index contributed by atoms with van der Waals surface area (Å²) >= 11 is 0. The van der Waals surface area contributed by atoms with Crippen LogP contribution in [-0.2, 0) is 11.3 Å². The van der Waals surface area contributed by atoms with Crippen molar-refractivity contribution < 1.29 is 14.1 Å². The first kappa shape index (κ1) is 21.7. The van der Waals surface area contributed by atoms with Gasteiger partial charge in [-0.2, -0.15) is 0 Å². The van der Waals surface area contributed by atoms with Gasteiger partial charge in [-0.05, 0) is 31.2 Å². The number of hydrogen-bond donors (Lipinski definition) is 0. The van der Waals surface area contributed by atoms with Crippen LogP contribution in [0.3, 0.4) is 0 Å². The third-order valence-corrected chi connectivity index (χ3v) is 6.31. The fourth-order valence-corrected chi connectivity index (χ4v) is 4.29. The number of benzene rings is 2. The molecule has 166 valence electrons. The zero-order chi connectivity index (χ0) is 22.0. The van der Waals surface area contributed by atoms with Gasteiger partial charge in [0.25, 0.3) is 5.69 Å². The minimum atomic E-state index is -0.435. The molecular formula is C23H29FN4O3. The van der Waals surface area contributed by atoms with Gasteiger partial charge >= 0.3 is 0 Å². The molecule has 2 aromatic rings. The Hall–Kier alpha value is -2.55. The lowest BCUT2D eigenvalue weighted by Crippen LogP contribution is -2.50. The van der Waals surface area contributed by atoms with E-state index in [0.717, 1.165) is 31.7 Å². The number of anilines is 1. The van der Waals surface area contributed by atoms with Crippen LogP contribution in [0.4, 0.5) is 15.8 Å². The van der Waals surface area contributed by atoms with Crippen molar-refractivity contribution in [2.75, 3.05) is 57.9 Å². The van der Waals surface area contributed by atoms with Gasteiger partial charge < -0.3 is 14.5 Å². The van der Waals surface area contributed by atoms with Crippen LogP contribution in [0.5, 0.6) is 0 Å². The number of piperazine rings is 1. The van der Waals surface area contributed by atoms with Crippen molar-refractivity contribution in [2.45, 2.75) is 19.5 Å². The maximum Gasteiger partial charge on any atom is 0.293 e. The van der Waals surface area contributed by atoms with Crippen LogP contribution < -0.4 is 4.90 Å². The van der Waals surface area contributed by atoms with Gasteiger partial charge in [0.2, 0.25) is 0 Å². The molecule has 0 saturated carbocycles. The summed E-state index contributed by atoms with van der Waals surface area (Å²) in [5.74, 6) is -0.435. The van der Waals surface area contributed by atoms with Crippen LogP contribution in [0.15, 0.2) is 36.4 Å².